The summed E-state index contributed by atoms with van der Waals surface area (Å²) < 4.78 is 18.7. The Morgan fingerprint density at radius 3 is 2.37 bits per heavy atom. The summed E-state index contributed by atoms with van der Waals surface area (Å²) in [5.74, 6) is -0.383. The van der Waals surface area contributed by atoms with Gasteiger partial charge in [0.2, 0.25) is 0 Å². The van der Waals surface area contributed by atoms with E-state index in [0.717, 1.165) is 24.8 Å². The Kier molecular flexibility index (Phi) is 3.74. The Morgan fingerprint density at radius 1 is 1.37 bits per heavy atom. The predicted octanol–water partition coefficient (Wildman–Crippen LogP) is 3.96. The molecule has 0 aromatic heterocycles. The summed E-state index contributed by atoms with van der Waals surface area (Å²) in [5, 5.41) is 0. The van der Waals surface area contributed by atoms with E-state index in [9.17, 15) is 9.18 Å². The SMILES string of the molecule is C=C(C)C(=O)OC(C)(c1ccc(F)cc1)C1CCC1. The van der Waals surface area contributed by atoms with Crippen LogP contribution >= 0.6 is 0 Å². The van der Waals surface area contributed by atoms with Crippen LogP contribution < -0.4 is 0 Å². The lowest BCUT2D eigenvalue weighted by atomic mass is 9.70. The molecular weight excluding hydrogens is 243 g/mol. The second-order valence-electron chi connectivity index (χ2n) is 5.41. The quantitative estimate of drug-likeness (QED) is 0.606. The van der Waals surface area contributed by atoms with Crippen molar-refractivity contribution in [1.29, 1.82) is 0 Å². The summed E-state index contributed by atoms with van der Waals surface area (Å²) in [5.41, 5.74) is 0.531. The lowest BCUT2D eigenvalue weighted by molar-refractivity contribution is -0.165. The van der Waals surface area contributed by atoms with E-state index >= 15 is 0 Å². The van der Waals surface area contributed by atoms with Crippen LogP contribution in [0.5, 0.6) is 0 Å². The third-order valence-electron chi connectivity index (χ3n) is 3.95. The summed E-state index contributed by atoms with van der Waals surface area (Å²) in [4.78, 5) is 11.8. The number of carbonyl (C=O) groups is 1. The van der Waals surface area contributed by atoms with E-state index in [1.165, 1.54) is 12.1 Å². The van der Waals surface area contributed by atoms with Crippen LogP contribution in [-0.4, -0.2) is 5.97 Å². The summed E-state index contributed by atoms with van der Waals surface area (Å²) in [7, 11) is 0. The van der Waals surface area contributed by atoms with Crippen molar-refractivity contribution in [3.05, 3.63) is 47.8 Å². The zero-order valence-corrected chi connectivity index (χ0v) is 11.4. The largest absolute Gasteiger partial charge is 0.451 e. The van der Waals surface area contributed by atoms with Crippen molar-refractivity contribution >= 4 is 5.97 Å². The average molecular weight is 262 g/mol. The Hall–Kier alpha value is -1.64. The van der Waals surface area contributed by atoms with E-state index in [4.69, 9.17) is 4.74 Å². The number of rotatable bonds is 4. The molecule has 1 saturated carbocycles. The molecule has 1 unspecified atom stereocenters. The van der Waals surface area contributed by atoms with Crippen LogP contribution in [0.1, 0.15) is 38.7 Å². The summed E-state index contributed by atoms with van der Waals surface area (Å²) >= 11 is 0. The van der Waals surface area contributed by atoms with E-state index in [2.05, 4.69) is 6.58 Å². The molecule has 0 N–H and O–H groups in total. The first kappa shape index (κ1) is 13.8. The summed E-state index contributed by atoms with van der Waals surface area (Å²) in [6, 6.07) is 6.19. The van der Waals surface area contributed by atoms with Crippen molar-refractivity contribution in [2.24, 2.45) is 5.92 Å². The first-order valence-corrected chi connectivity index (χ1v) is 6.58. The molecule has 1 atom stereocenters. The smallest absolute Gasteiger partial charge is 0.333 e. The highest BCUT2D eigenvalue weighted by molar-refractivity contribution is 5.87. The molecule has 2 rings (SSSR count). The first-order valence-electron chi connectivity index (χ1n) is 6.58. The minimum absolute atomic E-state index is 0.286. The predicted molar refractivity (Wildman–Crippen MR) is 72.0 cm³/mol. The van der Waals surface area contributed by atoms with Gasteiger partial charge in [0.15, 0.2) is 0 Å². The van der Waals surface area contributed by atoms with Crippen LogP contribution in [0.3, 0.4) is 0 Å². The number of ether oxygens (including phenoxy) is 1. The standard InChI is InChI=1S/C16H19FO2/c1-11(2)15(18)19-16(3,12-5-4-6-12)13-7-9-14(17)10-8-13/h7-10,12H,1,4-6H2,2-3H3. The molecule has 1 aromatic carbocycles. The highest BCUT2D eigenvalue weighted by atomic mass is 19.1. The van der Waals surface area contributed by atoms with Gasteiger partial charge in [-0.3, -0.25) is 0 Å². The second kappa shape index (κ2) is 5.16. The molecule has 1 aliphatic rings. The maximum atomic E-state index is 13.0. The Bertz CT molecular complexity index is 488. The van der Waals surface area contributed by atoms with E-state index in [1.807, 2.05) is 6.92 Å². The van der Waals surface area contributed by atoms with Gasteiger partial charge in [-0.2, -0.15) is 0 Å². The van der Waals surface area contributed by atoms with Crippen LogP contribution in [0.2, 0.25) is 0 Å². The lowest BCUT2D eigenvalue weighted by Gasteiger charge is -2.42. The van der Waals surface area contributed by atoms with Gasteiger partial charge in [-0.15, -0.1) is 0 Å². The number of hydrogen-bond donors (Lipinski definition) is 0. The van der Waals surface area contributed by atoms with E-state index < -0.39 is 11.6 Å². The molecule has 19 heavy (non-hydrogen) atoms. The van der Waals surface area contributed by atoms with Crippen LogP contribution in [0, 0.1) is 11.7 Å². The van der Waals surface area contributed by atoms with Gasteiger partial charge in [-0.25, -0.2) is 9.18 Å². The molecule has 1 aliphatic carbocycles. The fourth-order valence-corrected chi connectivity index (χ4v) is 2.40. The van der Waals surface area contributed by atoms with Gasteiger partial charge in [0.1, 0.15) is 11.4 Å². The fraction of sp³-hybridized carbons (Fsp3) is 0.438. The molecule has 1 fully saturated rings. The topological polar surface area (TPSA) is 26.3 Å². The second-order valence-corrected chi connectivity index (χ2v) is 5.41. The highest BCUT2D eigenvalue weighted by Crippen LogP contribution is 2.45. The van der Waals surface area contributed by atoms with Gasteiger partial charge < -0.3 is 4.74 Å². The van der Waals surface area contributed by atoms with Crippen molar-refractivity contribution in [2.75, 3.05) is 0 Å². The molecule has 0 aliphatic heterocycles. The normalized spacial score (nSPS) is 18.3. The molecule has 0 spiro atoms. The van der Waals surface area contributed by atoms with Crippen molar-refractivity contribution in [2.45, 2.75) is 38.7 Å². The lowest BCUT2D eigenvalue weighted by Crippen LogP contribution is -2.40. The number of benzene rings is 1. The molecular formula is C16H19FO2. The van der Waals surface area contributed by atoms with Crippen LogP contribution in [0.15, 0.2) is 36.4 Å². The first-order chi connectivity index (χ1) is 8.93. The van der Waals surface area contributed by atoms with E-state index in [0.29, 0.717) is 11.5 Å². The third kappa shape index (κ3) is 2.70. The number of hydrogen-bond acceptors (Lipinski definition) is 2. The maximum Gasteiger partial charge on any atom is 0.333 e. The van der Waals surface area contributed by atoms with Crippen molar-refractivity contribution < 1.29 is 13.9 Å². The molecule has 0 bridgehead atoms. The number of halogens is 1. The molecule has 0 amide bonds. The maximum absolute atomic E-state index is 13.0. The summed E-state index contributed by atoms with van der Waals surface area (Å²) in [6.45, 7) is 7.16. The Balaban J connectivity index is 2.31. The van der Waals surface area contributed by atoms with Crippen LogP contribution in [0.25, 0.3) is 0 Å². The zero-order valence-electron chi connectivity index (χ0n) is 11.4. The Morgan fingerprint density at radius 2 is 1.95 bits per heavy atom. The van der Waals surface area contributed by atoms with Crippen molar-refractivity contribution in [3.8, 4) is 0 Å². The molecule has 2 nitrogen and oxygen atoms in total. The average Bonchev–Trinajstić information content (AvgIpc) is 2.26. The molecule has 1 aromatic rings. The van der Waals surface area contributed by atoms with Gasteiger partial charge in [0.05, 0.1) is 0 Å². The van der Waals surface area contributed by atoms with Gasteiger partial charge >= 0.3 is 5.97 Å². The van der Waals surface area contributed by atoms with Gasteiger partial charge in [-0.1, -0.05) is 25.1 Å². The van der Waals surface area contributed by atoms with E-state index in [1.54, 1.807) is 19.1 Å². The minimum Gasteiger partial charge on any atom is -0.451 e. The zero-order chi connectivity index (χ0) is 14.0. The number of esters is 1. The molecule has 0 saturated heterocycles. The van der Waals surface area contributed by atoms with Crippen molar-refractivity contribution in [3.63, 3.8) is 0 Å². The van der Waals surface area contributed by atoms with Crippen LogP contribution in [0.4, 0.5) is 4.39 Å². The van der Waals surface area contributed by atoms with Crippen molar-refractivity contribution in [1.82, 2.24) is 0 Å². The third-order valence-corrected chi connectivity index (χ3v) is 3.95. The van der Waals surface area contributed by atoms with E-state index in [-0.39, 0.29) is 5.82 Å². The molecule has 102 valence electrons. The number of carbonyl (C=O) groups excluding carboxylic acids is 1. The molecule has 3 heteroatoms. The molecule has 0 heterocycles. The minimum atomic E-state index is -0.692. The Labute approximate surface area is 113 Å². The summed E-state index contributed by atoms with van der Waals surface area (Å²) in [6.07, 6.45) is 3.20. The monoisotopic (exact) mass is 262 g/mol. The highest BCUT2D eigenvalue weighted by Gasteiger charge is 2.42. The van der Waals surface area contributed by atoms with Gasteiger partial charge in [0, 0.05) is 11.5 Å². The molecule has 0 radical (unpaired) electrons. The van der Waals surface area contributed by atoms with Gasteiger partial charge in [0.25, 0.3) is 0 Å². The fourth-order valence-electron chi connectivity index (χ4n) is 2.40. The van der Waals surface area contributed by atoms with Crippen LogP contribution in [-0.2, 0) is 15.1 Å². The van der Waals surface area contributed by atoms with Gasteiger partial charge in [-0.05, 0) is 44.4 Å².